The lowest BCUT2D eigenvalue weighted by Crippen LogP contribution is -2.43. The lowest BCUT2D eigenvalue weighted by atomic mass is 9.81. The highest BCUT2D eigenvalue weighted by atomic mass is 16.2. The number of anilines is 2. The summed E-state index contributed by atoms with van der Waals surface area (Å²) < 4.78 is 0. The molecule has 0 fully saturated rings. The molecule has 200 valence electrons. The van der Waals surface area contributed by atoms with E-state index in [9.17, 15) is 19.2 Å². The van der Waals surface area contributed by atoms with Crippen LogP contribution in [0.4, 0.5) is 11.4 Å². The van der Waals surface area contributed by atoms with Gasteiger partial charge in [-0.2, -0.15) is 0 Å². The van der Waals surface area contributed by atoms with Crippen LogP contribution in [0, 0.1) is 0 Å². The molecule has 7 rings (SSSR count). The molecule has 0 radical (unpaired) electrons. The minimum atomic E-state index is -0.689. The molecule has 6 nitrogen and oxygen atoms in total. The first kappa shape index (κ1) is 24.7. The normalized spacial score (nSPS) is 17.1. The summed E-state index contributed by atoms with van der Waals surface area (Å²) in [4.78, 5) is 56.4. The third-order valence-electron chi connectivity index (χ3n) is 8.73. The minimum Gasteiger partial charge on any atom is -0.371 e. The second kappa shape index (κ2) is 9.40. The number of rotatable bonds is 6. The van der Waals surface area contributed by atoms with Crippen molar-refractivity contribution >= 4 is 23.5 Å². The Hall–Kier alpha value is -4.32. The van der Waals surface area contributed by atoms with Gasteiger partial charge in [0.2, 0.25) is 21.7 Å². The monoisotopic (exact) mass is 530 g/mol. The van der Waals surface area contributed by atoms with Crippen molar-refractivity contribution in [2.45, 2.75) is 45.4 Å². The number of unbranched alkanes of at least 4 members (excludes halogenated alkanes) is 1. The highest BCUT2D eigenvalue weighted by Gasteiger charge is 2.34. The van der Waals surface area contributed by atoms with Crippen LogP contribution in [0.25, 0.3) is 34.4 Å². The number of aryl methyl sites for hydroxylation is 2. The quantitative estimate of drug-likeness (QED) is 0.340. The van der Waals surface area contributed by atoms with Crippen LogP contribution in [-0.4, -0.2) is 19.6 Å². The molecule has 4 aromatic rings. The Morgan fingerprint density at radius 2 is 1.48 bits per heavy atom. The summed E-state index contributed by atoms with van der Waals surface area (Å²) in [6.45, 7) is 4.97. The molecule has 3 aliphatic rings. The highest BCUT2D eigenvalue weighted by Crippen LogP contribution is 2.40. The molecule has 0 N–H and O–H groups in total. The predicted octanol–water partition coefficient (Wildman–Crippen LogP) is 4.59. The Labute approximate surface area is 231 Å². The number of benzene rings is 2. The van der Waals surface area contributed by atoms with Gasteiger partial charge in [0.15, 0.2) is 0 Å². The first-order chi connectivity index (χ1) is 19.5. The summed E-state index contributed by atoms with van der Waals surface area (Å²) >= 11 is 0. The average molecular weight is 531 g/mol. The van der Waals surface area contributed by atoms with Crippen LogP contribution in [0.2, 0.25) is 0 Å². The van der Waals surface area contributed by atoms with Gasteiger partial charge in [0, 0.05) is 53.4 Å². The van der Waals surface area contributed by atoms with Crippen molar-refractivity contribution in [1.82, 2.24) is 0 Å². The Bertz CT molecular complexity index is 1860. The van der Waals surface area contributed by atoms with E-state index in [4.69, 9.17) is 0 Å². The van der Waals surface area contributed by atoms with Gasteiger partial charge in [-0.05, 0) is 84.7 Å². The van der Waals surface area contributed by atoms with Crippen LogP contribution in [-0.2, 0) is 12.8 Å². The van der Waals surface area contributed by atoms with Crippen molar-refractivity contribution in [3.05, 3.63) is 111 Å². The first-order valence-electron chi connectivity index (χ1n) is 14.3. The van der Waals surface area contributed by atoms with Crippen molar-refractivity contribution in [2.24, 2.45) is 0 Å². The molecule has 4 aromatic carbocycles. The van der Waals surface area contributed by atoms with E-state index in [1.165, 1.54) is 16.8 Å². The Kier molecular flexibility index (Phi) is 5.81. The van der Waals surface area contributed by atoms with E-state index < -0.39 is 21.7 Å². The Morgan fingerprint density at radius 3 is 2.20 bits per heavy atom. The van der Waals surface area contributed by atoms with E-state index in [0.29, 0.717) is 5.56 Å². The van der Waals surface area contributed by atoms with Crippen LogP contribution in [0.15, 0.2) is 67.3 Å². The van der Waals surface area contributed by atoms with Gasteiger partial charge in [0.25, 0.3) is 0 Å². The third kappa shape index (κ3) is 3.62. The van der Waals surface area contributed by atoms with Gasteiger partial charge in [-0.15, -0.1) is 0 Å². The molecule has 0 amide bonds. The van der Waals surface area contributed by atoms with Crippen LogP contribution in [0.3, 0.4) is 0 Å². The predicted molar refractivity (Wildman–Crippen MR) is 162 cm³/mol. The summed E-state index contributed by atoms with van der Waals surface area (Å²) in [6.07, 6.45) is 11.6. The standard InChI is InChI=1S/C34H30N2O4/c1-2-3-16-36-24(13-12-20-8-4-5-11-26(20)36)19-25-28(33(39)31(25)37)29-27(32(38)34(29)40)23-17-21-9-6-14-35-15-7-10-22(18-23)30(21)35/h4-5,8,11-13,17-19H,2-3,6-7,9-10,14-16H2,1H3/b24-19+. The zero-order chi connectivity index (χ0) is 27.5. The molecule has 0 atom stereocenters. The number of hydrogen-bond donors (Lipinski definition) is 0. The average Bonchev–Trinajstić information content (AvgIpc) is 2.99. The maximum absolute atomic E-state index is 13.0. The summed E-state index contributed by atoms with van der Waals surface area (Å²) in [5.74, 6) is 0. The van der Waals surface area contributed by atoms with Gasteiger partial charge in [-0.25, -0.2) is 0 Å². The van der Waals surface area contributed by atoms with Crippen molar-refractivity contribution in [2.75, 3.05) is 29.4 Å². The summed E-state index contributed by atoms with van der Waals surface area (Å²) in [6, 6.07) is 12.1. The smallest absolute Gasteiger partial charge is 0.235 e. The fraction of sp³-hybridized carbons (Fsp3) is 0.294. The molecule has 40 heavy (non-hydrogen) atoms. The van der Waals surface area contributed by atoms with E-state index in [1.807, 2.05) is 48.6 Å². The lowest BCUT2D eigenvalue weighted by Gasteiger charge is -2.37. The molecule has 0 saturated carbocycles. The fourth-order valence-corrected chi connectivity index (χ4v) is 6.77. The van der Waals surface area contributed by atoms with Crippen LogP contribution in [0.5, 0.6) is 0 Å². The van der Waals surface area contributed by atoms with Gasteiger partial charge >= 0.3 is 0 Å². The zero-order valence-electron chi connectivity index (χ0n) is 22.6. The van der Waals surface area contributed by atoms with E-state index >= 15 is 0 Å². The molecule has 3 aliphatic heterocycles. The topological polar surface area (TPSA) is 74.8 Å². The molecule has 3 heterocycles. The SMILES string of the molecule is CCCCN1/C(=C/c2c(-c3c(-c4cc5c6c(c4)CCCN6CCC5)c(=O)c3=O)c(=O)c2=O)C=Cc2ccccc21. The number of nitrogens with zero attached hydrogens (tertiary/aromatic N) is 2. The van der Waals surface area contributed by atoms with Gasteiger partial charge < -0.3 is 9.80 Å². The van der Waals surface area contributed by atoms with Crippen molar-refractivity contribution < 1.29 is 0 Å². The minimum absolute atomic E-state index is 0.0905. The molecule has 0 aromatic heterocycles. The summed E-state index contributed by atoms with van der Waals surface area (Å²) in [5.41, 5.74) is 5.42. The maximum atomic E-state index is 13.0. The van der Waals surface area contributed by atoms with Crippen LogP contribution in [0.1, 0.15) is 54.9 Å². The number of para-hydroxylation sites is 1. The fourth-order valence-electron chi connectivity index (χ4n) is 6.77. The summed E-state index contributed by atoms with van der Waals surface area (Å²) in [5, 5.41) is 0. The molecular weight excluding hydrogens is 500 g/mol. The first-order valence-corrected chi connectivity index (χ1v) is 14.3. The van der Waals surface area contributed by atoms with Gasteiger partial charge in [-0.1, -0.05) is 37.6 Å². The molecule has 6 heteroatoms. The third-order valence-corrected chi connectivity index (χ3v) is 8.73. The zero-order valence-corrected chi connectivity index (χ0v) is 22.6. The Morgan fingerprint density at radius 1 is 0.800 bits per heavy atom. The van der Waals surface area contributed by atoms with E-state index in [0.717, 1.165) is 75.1 Å². The number of hydrogen-bond acceptors (Lipinski definition) is 6. The van der Waals surface area contributed by atoms with Crippen LogP contribution >= 0.6 is 0 Å². The van der Waals surface area contributed by atoms with E-state index in [1.54, 1.807) is 6.08 Å². The van der Waals surface area contributed by atoms with E-state index in [2.05, 4.69) is 16.7 Å². The molecule has 0 unspecified atom stereocenters. The Balaban J connectivity index is 1.34. The van der Waals surface area contributed by atoms with Gasteiger partial charge in [0.05, 0.1) is 5.56 Å². The largest absolute Gasteiger partial charge is 0.371 e. The lowest BCUT2D eigenvalue weighted by molar-refractivity contribution is 0.634. The van der Waals surface area contributed by atoms with Gasteiger partial charge in [-0.3, -0.25) is 19.2 Å². The molecular formula is C34H30N2O4. The van der Waals surface area contributed by atoms with Crippen molar-refractivity contribution in [3.8, 4) is 22.3 Å². The summed E-state index contributed by atoms with van der Waals surface area (Å²) in [7, 11) is 0. The molecule has 0 spiro atoms. The van der Waals surface area contributed by atoms with Crippen molar-refractivity contribution in [1.29, 1.82) is 0 Å². The maximum Gasteiger partial charge on any atom is 0.235 e. The molecule has 0 saturated heterocycles. The second-order valence-electron chi connectivity index (χ2n) is 11.2. The number of allylic oxidation sites excluding steroid dienone is 1. The molecule has 0 aliphatic carbocycles. The van der Waals surface area contributed by atoms with Crippen molar-refractivity contribution in [3.63, 3.8) is 0 Å². The van der Waals surface area contributed by atoms with E-state index in [-0.39, 0.29) is 22.3 Å². The molecule has 0 bridgehead atoms. The van der Waals surface area contributed by atoms with Gasteiger partial charge in [0.1, 0.15) is 0 Å². The number of fused-ring (bicyclic) bond motifs is 1. The highest BCUT2D eigenvalue weighted by molar-refractivity contribution is 5.94. The van der Waals surface area contributed by atoms with Crippen LogP contribution < -0.4 is 31.5 Å². The second-order valence-corrected chi connectivity index (χ2v) is 11.2.